The lowest BCUT2D eigenvalue weighted by Gasteiger charge is -2.35. The lowest BCUT2D eigenvalue weighted by atomic mass is 10.0. The maximum Gasteiger partial charge on any atom is 0.411 e. The predicted octanol–water partition coefficient (Wildman–Crippen LogP) is 2.91. The van der Waals surface area contributed by atoms with Crippen LogP contribution in [0.25, 0.3) is 0 Å². The standard InChI is InChI=1S/C18H26F3N3O2/c1-14-6-3-4-7-15(14)16-12-24(9-11-26-16)17(22-2)23-8-5-10-25-13-18(19,20)21/h3-4,6-7,16H,5,8-13H2,1-2H3,(H,22,23). The monoisotopic (exact) mass is 373 g/mol. The van der Waals surface area contributed by atoms with Crippen molar-refractivity contribution in [3.05, 3.63) is 35.4 Å². The van der Waals surface area contributed by atoms with Crippen molar-refractivity contribution in [1.82, 2.24) is 10.2 Å². The second kappa shape index (κ2) is 9.78. The number of hydrogen-bond donors (Lipinski definition) is 1. The van der Waals surface area contributed by atoms with Gasteiger partial charge in [-0.1, -0.05) is 24.3 Å². The summed E-state index contributed by atoms with van der Waals surface area (Å²) in [6.45, 7) is 3.39. The Kier molecular flexibility index (Phi) is 7.71. The molecule has 0 spiro atoms. The number of guanidine groups is 1. The van der Waals surface area contributed by atoms with Gasteiger partial charge in [-0.2, -0.15) is 13.2 Å². The summed E-state index contributed by atoms with van der Waals surface area (Å²) in [6.07, 6.45) is -3.83. The molecule has 0 amide bonds. The summed E-state index contributed by atoms with van der Waals surface area (Å²) in [5, 5.41) is 3.18. The van der Waals surface area contributed by atoms with Crippen LogP contribution in [0.3, 0.4) is 0 Å². The first-order valence-electron chi connectivity index (χ1n) is 8.68. The molecule has 146 valence electrons. The van der Waals surface area contributed by atoms with Crippen LogP contribution in [0.15, 0.2) is 29.3 Å². The van der Waals surface area contributed by atoms with Gasteiger partial charge in [-0.05, 0) is 24.5 Å². The minimum atomic E-state index is -4.28. The molecule has 1 heterocycles. The molecule has 1 aromatic rings. The summed E-state index contributed by atoms with van der Waals surface area (Å²) in [6, 6.07) is 8.13. The molecule has 0 radical (unpaired) electrons. The van der Waals surface area contributed by atoms with Crippen LogP contribution in [0, 0.1) is 6.92 Å². The Bertz CT molecular complexity index is 593. The van der Waals surface area contributed by atoms with Crippen LogP contribution >= 0.6 is 0 Å². The first kappa shape index (κ1) is 20.5. The zero-order chi connectivity index (χ0) is 19.0. The number of benzene rings is 1. The summed E-state index contributed by atoms with van der Waals surface area (Å²) in [7, 11) is 1.70. The number of rotatable bonds is 6. The summed E-state index contributed by atoms with van der Waals surface area (Å²) in [5.74, 6) is 0.725. The van der Waals surface area contributed by atoms with E-state index in [2.05, 4.69) is 39.0 Å². The zero-order valence-electron chi connectivity index (χ0n) is 15.2. The van der Waals surface area contributed by atoms with Gasteiger partial charge in [0.25, 0.3) is 0 Å². The van der Waals surface area contributed by atoms with Gasteiger partial charge in [0.1, 0.15) is 12.7 Å². The van der Waals surface area contributed by atoms with Crippen LogP contribution in [0.2, 0.25) is 0 Å². The van der Waals surface area contributed by atoms with Crippen molar-refractivity contribution < 1.29 is 22.6 Å². The Hall–Kier alpha value is -1.80. The van der Waals surface area contributed by atoms with E-state index in [1.165, 1.54) is 5.56 Å². The van der Waals surface area contributed by atoms with Crippen molar-refractivity contribution in [1.29, 1.82) is 0 Å². The Labute approximate surface area is 152 Å². The van der Waals surface area contributed by atoms with Crippen LogP contribution < -0.4 is 5.32 Å². The number of morpholine rings is 1. The van der Waals surface area contributed by atoms with Crippen molar-refractivity contribution in [2.45, 2.75) is 25.6 Å². The van der Waals surface area contributed by atoms with Gasteiger partial charge in [0.15, 0.2) is 5.96 Å². The molecule has 8 heteroatoms. The molecule has 0 saturated carbocycles. The van der Waals surface area contributed by atoms with Gasteiger partial charge < -0.3 is 19.7 Å². The topological polar surface area (TPSA) is 46.1 Å². The summed E-state index contributed by atoms with van der Waals surface area (Å²) in [4.78, 5) is 6.38. The fourth-order valence-corrected chi connectivity index (χ4v) is 2.87. The average molecular weight is 373 g/mol. The molecule has 1 N–H and O–H groups in total. The fourth-order valence-electron chi connectivity index (χ4n) is 2.87. The van der Waals surface area contributed by atoms with E-state index in [-0.39, 0.29) is 12.7 Å². The van der Waals surface area contributed by atoms with Crippen LogP contribution in [0.4, 0.5) is 13.2 Å². The minimum Gasteiger partial charge on any atom is -0.372 e. The first-order chi connectivity index (χ1) is 12.4. The van der Waals surface area contributed by atoms with Crippen LogP contribution in [0.5, 0.6) is 0 Å². The summed E-state index contributed by atoms with van der Waals surface area (Å²) >= 11 is 0. The van der Waals surface area contributed by atoms with Gasteiger partial charge in [-0.3, -0.25) is 4.99 Å². The van der Waals surface area contributed by atoms with Crippen molar-refractivity contribution >= 4 is 5.96 Å². The summed E-state index contributed by atoms with van der Waals surface area (Å²) in [5.41, 5.74) is 2.34. The highest BCUT2D eigenvalue weighted by Gasteiger charge is 2.27. The van der Waals surface area contributed by atoms with Gasteiger partial charge in [0.05, 0.1) is 13.2 Å². The Balaban J connectivity index is 1.79. The maximum absolute atomic E-state index is 12.0. The molecule has 2 rings (SSSR count). The number of hydrogen-bond acceptors (Lipinski definition) is 3. The Morgan fingerprint density at radius 3 is 2.85 bits per heavy atom. The average Bonchev–Trinajstić information content (AvgIpc) is 2.61. The lowest BCUT2D eigenvalue weighted by molar-refractivity contribution is -0.173. The highest BCUT2D eigenvalue weighted by molar-refractivity contribution is 5.80. The third-order valence-electron chi connectivity index (χ3n) is 4.13. The SMILES string of the molecule is CN=C(NCCCOCC(F)(F)F)N1CCOC(c2ccccc2C)C1. The molecule has 1 aromatic carbocycles. The van der Waals surface area contributed by atoms with Crippen molar-refractivity contribution in [2.24, 2.45) is 4.99 Å². The second-order valence-corrected chi connectivity index (χ2v) is 6.16. The second-order valence-electron chi connectivity index (χ2n) is 6.16. The van der Waals surface area contributed by atoms with E-state index in [0.717, 1.165) is 11.5 Å². The van der Waals surface area contributed by atoms with Crippen molar-refractivity contribution in [3.63, 3.8) is 0 Å². The predicted molar refractivity (Wildman–Crippen MR) is 94.3 cm³/mol. The van der Waals surface area contributed by atoms with Crippen molar-refractivity contribution in [2.75, 3.05) is 46.5 Å². The van der Waals surface area contributed by atoms with E-state index in [1.54, 1.807) is 7.05 Å². The van der Waals surface area contributed by atoms with Gasteiger partial charge in [0.2, 0.25) is 0 Å². The molecular formula is C18H26F3N3O2. The van der Waals surface area contributed by atoms with E-state index in [4.69, 9.17) is 4.74 Å². The highest BCUT2D eigenvalue weighted by Crippen LogP contribution is 2.24. The molecule has 1 atom stereocenters. The minimum absolute atomic E-state index is 0.0291. The van der Waals surface area contributed by atoms with E-state index >= 15 is 0 Å². The van der Waals surface area contributed by atoms with Gasteiger partial charge >= 0.3 is 6.18 Å². The molecular weight excluding hydrogens is 347 g/mol. The maximum atomic E-state index is 12.0. The van der Waals surface area contributed by atoms with E-state index in [9.17, 15) is 13.2 Å². The number of ether oxygens (including phenoxy) is 2. The van der Waals surface area contributed by atoms with Gasteiger partial charge in [-0.25, -0.2) is 0 Å². The Morgan fingerprint density at radius 1 is 1.38 bits per heavy atom. The van der Waals surface area contributed by atoms with Crippen LogP contribution in [-0.4, -0.2) is 63.5 Å². The smallest absolute Gasteiger partial charge is 0.372 e. The lowest BCUT2D eigenvalue weighted by Crippen LogP contribution is -2.48. The van der Waals surface area contributed by atoms with E-state index in [0.29, 0.717) is 32.7 Å². The van der Waals surface area contributed by atoms with E-state index < -0.39 is 12.8 Å². The van der Waals surface area contributed by atoms with Crippen LogP contribution in [-0.2, 0) is 9.47 Å². The van der Waals surface area contributed by atoms with E-state index in [1.807, 2.05) is 12.1 Å². The molecule has 0 aromatic heterocycles. The molecule has 1 saturated heterocycles. The molecule has 26 heavy (non-hydrogen) atoms. The Morgan fingerprint density at radius 2 is 2.15 bits per heavy atom. The number of aliphatic imine (C=N–C) groups is 1. The third-order valence-corrected chi connectivity index (χ3v) is 4.13. The molecule has 0 aliphatic carbocycles. The summed E-state index contributed by atoms with van der Waals surface area (Å²) < 4.78 is 46.6. The number of alkyl halides is 3. The van der Waals surface area contributed by atoms with Crippen molar-refractivity contribution in [3.8, 4) is 0 Å². The fraction of sp³-hybridized carbons (Fsp3) is 0.611. The molecule has 0 bridgehead atoms. The molecule has 5 nitrogen and oxygen atoms in total. The number of nitrogens with one attached hydrogen (secondary N) is 1. The molecule has 1 aliphatic rings. The number of nitrogens with zero attached hydrogens (tertiary/aromatic N) is 2. The third kappa shape index (κ3) is 6.49. The number of halogens is 3. The van der Waals surface area contributed by atoms with Gasteiger partial charge in [-0.15, -0.1) is 0 Å². The van der Waals surface area contributed by atoms with Gasteiger partial charge in [0, 0.05) is 26.7 Å². The largest absolute Gasteiger partial charge is 0.411 e. The molecule has 1 unspecified atom stereocenters. The number of aryl methyl sites for hydroxylation is 1. The first-order valence-corrected chi connectivity index (χ1v) is 8.68. The zero-order valence-corrected chi connectivity index (χ0v) is 15.2. The van der Waals surface area contributed by atoms with Crippen LogP contribution in [0.1, 0.15) is 23.7 Å². The molecule has 1 aliphatic heterocycles. The quantitative estimate of drug-likeness (QED) is 0.473. The normalized spacial score (nSPS) is 18.9. The molecule has 1 fully saturated rings. The highest BCUT2D eigenvalue weighted by atomic mass is 19.4.